The SMILES string of the molecule is Cc1c(CC2(C#N)CCC(C)(C)CC2)cccc1[N+](=O)[O-]. The molecule has 21 heavy (non-hydrogen) atoms. The summed E-state index contributed by atoms with van der Waals surface area (Å²) >= 11 is 0. The molecular formula is C17H22N2O2. The number of hydrogen-bond donors (Lipinski definition) is 0. The van der Waals surface area contributed by atoms with Gasteiger partial charge in [-0.2, -0.15) is 5.26 Å². The van der Waals surface area contributed by atoms with Gasteiger partial charge in [0.25, 0.3) is 5.69 Å². The number of nitro groups is 1. The van der Waals surface area contributed by atoms with Gasteiger partial charge in [0.15, 0.2) is 0 Å². The molecule has 0 amide bonds. The van der Waals surface area contributed by atoms with Crippen LogP contribution >= 0.6 is 0 Å². The summed E-state index contributed by atoms with van der Waals surface area (Å²) in [7, 11) is 0. The summed E-state index contributed by atoms with van der Waals surface area (Å²) in [5.74, 6) is 0. The smallest absolute Gasteiger partial charge is 0.258 e. The molecule has 0 unspecified atom stereocenters. The highest BCUT2D eigenvalue weighted by molar-refractivity contribution is 5.45. The molecular weight excluding hydrogens is 264 g/mol. The van der Waals surface area contributed by atoms with Gasteiger partial charge in [-0.3, -0.25) is 10.1 Å². The van der Waals surface area contributed by atoms with Gasteiger partial charge in [0.2, 0.25) is 0 Å². The fourth-order valence-corrected chi connectivity index (χ4v) is 3.16. The van der Waals surface area contributed by atoms with Crippen LogP contribution in [0.25, 0.3) is 0 Å². The third kappa shape index (κ3) is 3.24. The van der Waals surface area contributed by atoms with E-state index >= 15 is 0 Å². The summed E-state index contributed by atoms with van der Waals surface area (Å²) in [6.07, 6.45) is 4.44. The van der Waals surface area contributed by atoms with Crippen molar-refractivity contribution in [1.29, 1.82) is 5.26 Å². The molecule has 112 valence electrons. The lowest BCUT2D eigenvalue weighted by Crippen LogP contribution is -2.32. The first-order valence-corrected chi connectivity index (χ1v) is 7.43. The fourth-order valence-electron chi connectivity index (χ4n) is 3.16. The fraction of sp³-hybridized carbons (Fsp3) is 0.588. The quantitative estimate of drug-likeness (QED) is 0.604. The van der Waals surface area contributed by atoms with Crippen molar-refractivity contribution < 1.29 is 4.92 Å². The van der Waals surface area contributed by atoms with Crippen molar-refractivity contribution in [3.63, 3.8) is 0 Å². The third-order valence-corrected chi connectivity index (χ3v) is 4.94. The Labute approximate surface area is 125 Å². The van der Waals surface area contributed by atoms with E-state index in [-0.39, 0.29) is 16.0 Å². The van der Waals surface area contributed by atoms with Crippen LogP contribution in [-0.4, -0.2) is 4.92 Å². The van der Waals surface area contributed by atoms with Gasteiger partial charge in [-0.1, -0.05) is 26.0 Å². The minimum absolute atomic E-state index is 0.150. The Morgan fingerprint density at radius 2 is 1.90 bits per heavy atom. The van der Waals surface area contributed by atoms with Crippen LogP contribution in [0, 0.1) is 39.2 Å². The molecule has 4 nitrogen and oxygen atoms in total. The number of nitro benzene ring substituents is 1. The molecule has 2 rings (SSSR count). The number of hydrogen-bond acceptors (Lipinski definition) is 3. The van der Waals surface area contributed by atoms with Gasteiger partial charge >= 0.3 is 0 Å². The summed E-state index contributed by atoms with van der Waals surface area (Å²) in [4.78, 5) is 10.7. The van der Waals surface area contributed by atoms with E-state index < -0.39 is 0 Å². The molecule has 0 aliphatic heterocycles. The molecule has 0 aromatic heterocycles. The molecule has 1 aliphatic rings. The molecule has 0 atom stereocenters. The van der Waals surface area contributed by atoms with Crippen molar-refractivity contribution in [2.75, 3.05) is 0 Å². The Morgan fingerprint density at radius 1 is 1.29 bits per heavy atom. The average Bonchev–Trinajstić information content (AvgIpc) is 2.43. The Bertz CT molecular complexity index is 589. The lowest BCUT2D eigenvalue weighted by atomic mass is 9.63. The predicted octanol–water partition coefficient (Wildman–Crippen LogP) is 4.56. The number of nitrogens with zero attached hydrogens (tertiary/aromatic N) is 2. The average molecular weight is 286 g/mol. The Kier molecular flexibility index (Phi) is 4.04. The zero-order chi connectivity index (χ0) is 15.7. The minimum atomic E-state index is -0.366. The van der Waals surface area contributed by atoms with Crippen molar-refractivity contribution in [3.05, 3.63) is 39.4 Å². The molecule has 0 saturated heterocycles. The zero-order valence-electron chi connectivity index (χ0n) is 13.0. The van der Waals surface area contributed by atoms with Gasteiger partial charge in [0, 0.05) is 11.6 Å². The lowest BCUT2D eigenvalue weighted by Gasteiger charge is -2.39. The maximum absolute atomic E-state index is 11.0. The summed E-state index contributed by atoms with van der Waals surface area (Å²) < 4.78 is 0. The van der Waals surface area contributed by atoms with Gasteiger partial charge in [-0.25, -0.2) is 0 Å². The van der Waals surface area contributed by atoms with Crippen molar-refractivity contribution >= 4 is 5.69 Å². The molecule has 0 N–H and O–H groups in total. The van der Waals surface area contributed by atoms with Crippen LogP contribution in [0.5, 0.6) is 0 Å². The summed E-state index contributed by atoms with van der Waals surface area (Å²) in [6.45, 7) is 6.27. The second kappa shape index (κ2) is 5.48. The van der Waals surface area contributed by atoms with E-state index in [9.17, 15) is 15.4 Å². The van der Waals surface area contributed by atoms with E-state index in [1.54, 1.807) is 13.0 Å². The second-order valence-electron chi connectivity index (χ2n) is 7.05. The molecule has 1 aromatic carbocycles. The monoisotopic (exact) mass is 286 g/mol. The lowest BCUT2D eigenvalue weighted by molar-refractivity contribution is -0.385. The highest BCUT2D eigenvalue weighted by atomic mass is 16.6. The zero-order valence-corrected chi connectivity index (χ0v) is 13.0. The van der Waals surface area contributed by atoms with Crippen molar-refractivity contribution in [3.8, 4) is 6.07 Å². The number of nitriles is 1. The number of rotatable bonds is 3. The second-order valence-corrected chi connectivity index (χ2v) is 7.05. The van der Waals surface area contributed by atoms with E-state index in [0.29, 0.717) is 17.4 Å². The van der Waals surface area contributed by atoms with Crippen molar-refractivity contribution in [1.82, 2.24) is 0 Å². The molecule has 1 saturated carbocycles. The standard InChI is InChI=1S/C17H22N2O2/c1-13-14(5-4-6-15(13)19(20)21)11-17(12-18)9-7-16(2,3)8-10-17/h4-6H,7-11H2,1-3H3. The maximum Gasteiger partial charge on any atom is 0.272 e. The maximum atomic E-state index is 11.0. The Balaban J connectivity index is 2.27. The minimum Gasteiger partial charge on any atom is -0.258 e. The van der Waals surface area contributed by atoms with Gasteiger partial charge < -0.3 is 0 Å². The van der Waals surface area contributed by atoms with E-state index in [4.69, 9.17) is 0 Å². The van der Waals surface area contributed by atoms with Crippen molar-refractivity contribution in [2.24, 2.45) is 10.8 Å². The third-order valence-electron chi connectivity index (χ3n) is 4.94. The van der Waals surface area contributed by atoms with Crippen LogP contribution in [0.15, 0.2) is 18.2 Å². The van der Waals surface area contributed by atoms with Crippen molar-refractivity contribution in [2.45, 2.75) is 52.9 Å². The van der Waals surface area contributed by atoms with Crippen LogP contribution in [0.2, 0.25) is 0 Å². The van der Waals surface area contributed by atoms with Gasteiger partial charge in [-0.15, -0.1) is 0 Å². The van der Waals surface area contributed by atoms with Gasteiger partial charge in [0.05, 0.1) is 16.4 Å². The molecule has 0 heterocycles. The molecule has 4 heteroatoms. The summed E-state index contributed by atoms with van der Waals surface area (Å²) in [6, 6.07) is 7.68. The molecule has 1 aromatic rings. The first kappa shape index (κ1) is 15.5. The molecule has 0 spiro atoms. The van der Waals surface area contributed by atoms with Crippen LogP contribution in [0.3, 0.4) is 0 Å². The van der Waals surface area contributed by atoms with E-state index in [1.165, 1.54) is 6.07 Å². The Hall–Kier alpha value is -1.89. The highest BCUT2D eigenvalue weighted by Crippen LogP contribution is 2.46. The van der Waals surface area contributed by atoms with Crippen LogP contribution < -0.4 is 0 Å². The first-order valence-electron chi connectivity index (χ1n) is 7.43. The largest absolute Gasteiger partial charge is 0.272 e. The highest BCUT2D eigenvalue weighted by Gasteiger charge is 2.39. The van der Waals surface area contributed by atoms with Crippen LogP contribution in [0.4, 0.5) is 5.69 Å². The van der Waals surface area contributed by atoms with E-state index in [2.05, 4.69) is 19.9 Å². The summed E-state index contributed by atoms with van der Waals surface area (Å²) in [5.41, 5.74) is 1.72. The van der Waals surface area contributed by atoms with Gasteiger partial charge in [-0.05, 0) is 50.0 Å². The topological polar surface area (TPSA) is 66.9 Å². The normalized spacial score (nSPS) is 19.7. The predicted molar refractivity (Wildman–Crippen MR) is 81.8 cm³/mol. The first-order chi connectivity index (χ1) is 9.79. The van der Waals surface area contributed by atoms with E-state index in [0.717, 1.165) is 31.2 Å². The van der Waals surface area contributed by atoms with E-state index in [1.807, 2.05) is 6.07 Å². The van der Waals surface area contributed by atoms with Crippen LogP contribution in [-0.2, 0) is 6.42 Å². The van der Waals surface area contributed by atoms with Crippen LogP contribution in [0.1, 0.15) is 50.7 Å². The molecule has 0 radical (unpaired) electrons. The molecule has 0 bridgehead atoms. The Morgan fingerprint density at radius 3 is 2.43 bits per heavy atom. The molecule has 1 fully saturated rings. The van der Waals surface area contributed by atoms with Gasteiger partial charge in [0.1, 0.15) is 0 Å². The number of benzene rings is 1. The summed E-state index contributed by atoms with van der Waals surface area (Å²) in [5, 5.41) is 20.7. The molecule has 1 aliphatic carbocycles.